The van der Waals surface area contributed by atoms with Gasteiger partial charge in [-0.15, -0.1) is 0 Å². The number of nitrogens with zero attached hydrogens (tertiary/aromatic N) is 2. The molecule has 6 heteroatoms. The van der Waals surface area contributed by atoms with Crippen LogP contribution < -0.4 is 4.90 Å². The molecule has 20 heavy (non-hydrogen) atoms. The lowest BCUT2D eigenvalue weighted by Gasteiger charge is -2.30. The maximum atomic E-state index is 11.9. The van der Waals surface area contributed by atoms with Crippen molar-refractivity contribution in [3.05, 3.63) is 10.6 Å². The smallest absolute Gasteiger partial charge is 0.358 e. The van der Waals surface area contributed by atoms with Crippen LogP contribution >= 0.6 is 11.3 Å². The van der Waals surface area contributed by atoms with Crippen LogP contribution in [0.3, 0.4) is 0 Å². The van der Waals surface area contributed by atoms with Gasteiger partial charge in [0.2, 0.25) is 0 Å². The fraction of sp³-hybridized carbons (Fsp3) is 0.643. The summed E-state index contributed by atoms with van der Waals surface area (Å²) in [4.78, 5) is 30.5. The number of anilines is 1. The number of piperidine rings is 1. The average Bonchev–Trinajstić information content (AvgIpc) is 2.84. The Balaban J connectivity index is 2.29. The number of hydrogen-bond donors (Lipinski definition) is 0. The minimum absolute atomic E-state index is 0.137. The van der Waals surface area contributed by atoms with Crippen LogP contribution in [0.1, 0.15) is 53.8 Å². The van der Waals surface area contributed by atoms with Crippen molar-refractivity contribution in [1.29, 1.82) is 0 Å². The summed E-state index contributed by atoms with van der Waals surface area (Å²) in [5.74, 6) is -0.0356. The van der Waals surface area contributed by atoms with Gasteiger partial charge in [0.15, 0.2) is 16.6 Å². The molecule has 2 rings (SSSR count). The number of ether oxygens (including phenoxy) is 1. The van der Waals surface area contributed by atoms with Gasteiger partial charge in [0, 0.05) is 20.0 Å². The van der Waals surface area contributed by atoms with E-state index in [4.69, 9.17) is 4.74 Å². The second-order valence-electron chi connectivity index (χ2n) is 5.14. The molecular weight excluding hydrogens is 276 g/mol. The molecule has 110 valence electrons. The van der Waals surface area contributed by atoms with E-state index in [0.717, 1.165) is 24.6 Å². The molecule has 0 aromatic carbocycles. The van der Waals surface area contributed by atoms with Gasteiger partial charge >= 0.3 is 5.97 Å². The highest BCUT2D eigenvalue weighted by Crippen LogP contribution is 2.30. The van der Waals surface area contributed by atoms with Gasteiger partial charge in [0.25, 0.3) is 0 Å². The highest BCUT2D eigenvalue weighted by molar-refractivity contribution is 7.17. The Morgan fingerprint density at radius 2 is 2.25 bits per heavy atom. The second-order valence-corrected chi connectivity index (χ2v) is 6.12. The number of aromatic nitrogens is 1. The highest BCUT2D eigenvalue weighted by atomic mass is 32.1. The van der Waals surface area contributed by atoms with Crippen LogP contribution in [-0.4, -0.2) is 36.4 Å². The van der Waals surface area contributed by atoms with E-state index in [-0.39, 0.29) is 18.1 Å². The Labute approximate surface area is 122 Å². The van der Waals surface area contributed by atoms with Gasteiger partial charge in [-0.1, -0.05) is 18.3 Å². The first-order chi connectivity index (χ1) is 9.52. The average molecular weight is 296 g/mol. The second kappa shape index (κ2) is 6.35. The van der Waals surface area contributed by atoms with Crippen molar-refractivity contribution in [1.82, 2.24) is 4.98 Å². The van der Waals surface area contributed by atoms with E-state index in [2.05, 4.69) is 16.8 Å². The van der Waals surface area contributed by atoms with Crippen LogP contribution in [0.4, 0.5) is 5.13 Å². The summed E-state index contributed by atoms with van der Waals surface area (Å²) in [7, 11) is 0. The van der Waals surface area contributed by atoms with Crippen molar-refractivity contribution in [2.45, 2.75) is 33.6 Å². The van der Waals surface area contributed by atoms with Gasteiger partial charge in [0.1, 0.15) is 4.88 Å². The van der Waals surface area contributed by atoms with Crippen LogP contribution in [0.5, 0.6) is 0 Å². The summed E-state index contributed by atoms with van der Waals surface area (Å²) in [6.07, 6.45) is 2.33. The van der Waals surface area contributed by atoms with Gasteiger partial charge in [-0.3, -0.25) is 4.79 Å². The largest absolute Gasteiger partial charge is 0.461 e. The minimum Gasteiger partial charge on any atom is -0.461 e. The predicted octanol–water partition coefficient (Wildman–Crippen LogP) is 2.76. The van der Waals surface area contributed by atoms with E-state index in [1.54, 1.807) is 6.92 Å². The normalized spacial score (nSPS) is 18.9. The monoisotopic (exact) mass is 296 g/mol. The Morgan fingerprint density at radius 1 is 1.50 bits per heavy atom. The first-order valence-electron chi connectivity index (χ1n) is 6.96. The molecule has 0 spiro atoms. The molecule has 0 bridgehead atoms. The summed E-state index contributed by atoms with van der Waals surface area (Å²) in [5, 5.41) is 0.754. The molecule has 1 aromatic heterocycles. The maximum Gasteiger partial charge on any atom is 0.358 e. The Hall–Kier alpha value is -1.43. The summed E-state index contributed by atoms with van der Waals surface area (Å²) < 4.78 is 4.98. The molecule has 5 nitrogen and oxygen atoms in total. The first-order valence-corrected chi connectivity index (χ1v) is 7.78. The molecule has 1 aromatic rings. The van der Waals surface area contributed by atoms with Crippen molar-refractivity contribution in [3.63, 3.8) is 0 Å². The zero-order valence-electron chi connectivity index (χ0n) is 12.1. The number of Topliss-reactive ketones (excluding diaryl/α,β-unsaturated/α-hetero) is 1. The van der Waals surface area contributed by atoms with Crippen molar-refractivity contribution < 1.29 is 14.3 Å². The molecule has 0 amide bonds. The third-order valence-corrected chi connectivity index (χ3v) is 4.55. The SMILES string of the molecule is CCOC(=O)c1nc(N2CCCC(C)C2)sc1C(C)=O. The Bertz CT molecular complexity index is 513. The molecular formula is C14H20N2O3S. The third-order valence-electron chi connectivity index (χ3n) is 3.33. The van der Waals surface area contributed by atoms with Crippen LogP contribution in [0.15, 0.2) is 0 Å². The molecule has 0 radical (unpaired) electrons. The number of rotatable bonds is 4. The molecule has 1 aliphatic rings. The fourth-order valence-corrected chi connectivity index (χ4v) is 3.37. The van der Waals surface area contributed by atoms with E-state index in [1.807, 2.05) is 0 Å². The Morgan fingerprint density at radius 3 is 2.85 bits per heavy atom. The summed E-state index contributed by atoms with van der Waals surface area (Å²) in [5.41, 5.74) is 0.164. The number of ketones is 1. The molecule has 1 saturated heterocycles. The van der Waals surface area contributed by atoms with Crippen molar-refractivity contribution >= 4 is 28.2 Å². The molecule has 0 aliphatic carbocycles. The Kier molecular flexibility index (Phi) is 4.75. The number of carbonyl (C=O) groups excluding carboxylic acids is 2. The standard InChI is InChI=1S/C14H20N2O3S/c1-4-19-13(18)11-12(10(3)17)20-14(15-11)16-7-5-6-9(2)8-16/h9H,4-8H2,1-3H3. The van der Waals surface area contributed by atoms with Crippen LogP contribution in [0.2, 0.25) is 0 Å². The topological polar surface area (TPSA) is 59.5 Å². The lowest BCUT2D eigenvalue weighted by atomic mass is 10.0. The summed E-state index contributed by atoms with van der Waals surface area (Å²) in [6, 6.07) is 0. The molecule has 1 aliphatic heterocycles. The van der Waals surface area contributed by atoms with Gasteiger partial charge in [-0.25, -0.2) is 9.78 Å². The van der Waals surface area contributed by atoms with Gasteiger partial charge < -0.3 is 9.64 Å². The maximum absolute atomic E-state index is 11.9. The molecule has 0 saturated carbocycles. The number of carbonyl (C=O) groups is 2. The van der Waals surface area contributed by atoms with Gasteiger partial charge in [0.05, 0.1) is 6.61 Å². The van der Waals surface area contributed by atoms with Crippen LogP contribution in [0, 0.1) is 5.92 Å². The molecule has 1 atom stereocenters. The van der Waals surface area contributed by atoms with E-state index < -0.39 is 5.97 Å². The quantitative estimate of drug-likeness (QED) is 0.631. The third kappa shape index (κ3) is 3.17. The fourth-order valence-electron chi connectivity index (χ4n) is 2.38. The molecule has 1 fully saturated rings. The van der Waals surface area contributed by atoms with Crippen molar-refractivity contribution in [2.24, 2.45) is 5.92 Å². The van der Waals surface area contributed by atoms with E-state index in [9.17, 15) is 9.59 Å². The minimum atomic E-state index is -0.509. The van der Waals surface area contributed by atoms with Crippen LogP contribution in [-0.2, 0) is 4.74 Å². The lowest BCUT2D eigenvalue weighted by Crippen LogP contribution is -2.34. The molecule has 2 heterocycles. The van der Waals surface area contributed by atoms with E-state index in [1.165, 1.54) is 24.7 Å². The van der Waals surface area contributed by atoms with Gasteiger partial charge in [-0.2, -0.15) is 0 Å². The summed E-state index contributed by atoms with van der Waals surface area (Å²) >= 11 is 1.29. The van der Waals surface area contributed by atoms with Crippen LogP contribution in [0.25, 0.3) is 0 Å². The van der Waals surface area contributed by atoms with Gasteiger partial charge in [-0.05, 0) is 25.7 Å². The summed E-state index contributed by atoms with van der Waals surface area (Å²) in [6.45, 7) is 7.54. The zero-order valence-corrected chi connectivity index (χ0v) is 13.0. The number of hydrogen-bond acceptors (Lipinski definition) is 6. The number of thiazole rings is 1. The van der Waals surface area contributed by atoms with Crippen molar-refractivity contribution in [2.75, 3.05) is 24.6 Å². The first kappa shape index (κ1) is 15.0. The number of esters is 1. The zero-order chi connectivity index (χ0) is 14.7. The lowest BCUT2D eigenvalue weighted by molar-refractivity contribution is 0.0517. The van der Waals surface area contributed by atoms with E-state index in [0.29, 0.717) is 10.8 Å². The highest BCUT2D eigenvalue weighted by Gasteiger charge is 2.26. The van der Waals surface area contributed by atoms with E-state index >= 15 is 0 Å². The predicted molar refractivity (Wildman–Crippen MR) is 78.7 cm³/mol. The van der Waals surface area contributed by atoms with Crippen molar-refractivity contribution in [3.8, 4) is 0 Å². The molecule has 1 unspecified atom stereocenters. The molecule has 0 N–H and O–H groups in total.